The van der Waals surface area contributed by atoms with E-state index < -0.39 is 5.41 Å². The highest BCUT2D eigenvalue weighted by Crippen LogP contribution is 2.59. The molecule has 0 saturated heterocycles. The summed E-state index contributed by atoms with van der Waals surface area (Å²) < 4.78 is 0. The molecule has 0 aromatic heterocycles. The Morgan fingerprint density at radius 2 is 0.697 bits per heavy atom. The highest BCUT2D eigenvalue weighted by Gasteiger charge is 2.47. The van der Waals surface area contributed by atoms with Gasteiger partial charge in [-0.15, -0.1) is 0 Å². The first-order valence-electron chi connectivity index (χ1n) is 22.8. The molecule has 1 aliphatic rings. The van der Waals surface area contributed by atoms with Gasteiger partial charge in [0.1, 0.15) is 0 Å². The standard InChI is InChI=1S/C65H45N/c1-4-20-46(21-5-1)48-24-14-25-49(42-48)51-27-16-34-56(44-51)66(57-35-17-28-52(45-57)50-26-15-29-53(43-50)59-38-18-23-47-22-10-11-36-58(47)59)63-41-19-40-62-64(63)60-37-12-13-39-61(60)65(62,54-30-6-2-7-31-54)55-32-8-3-9-33-55/h1-45H. The summed E-state index contributed by atoms with van der Waals surface area (Å²) >= 11 is 0. The van der Waals surface area contributed by atoms with Crippen LogP contribution in [0.2, 0.25) is 0 Å². The Balaban J connectivity index is 1.07. The summed E-state index contributed by atoms with van der Waals surface area (Å²) in [5.74, 6) is 0. The third kappa shape index (κ3) is 6.64. The maximum Gasteiger partial charge on any atom is 0.0714 e. The van der Waals surface area contributed by atoms with E-state index in [0.717, 1.165) is 28.2 Å². The fourth-order valence-electron chi connectivity index (χ4n) is 10.6. The van der Waals surface area contributed by atoms with Crippen molar-refractivity contribution >= 4 is 27.8 Å². The molecule has 1 nitrogen and oxygen atoms in total. The zero-order valence-corrected chi connectivity index (χ0v) is 36.4. The van der Waals surface area contributed by atoms with E-state index in [2.05, 4.69) is 278 Å². The van der Waals surface area contributed by atoms with E-state index in [9.17, 15) is 0 Å². The molecule has 0 saturated carbocycles. The topological polar surface area (TPSA) is 3.24 Å². The molecule has 0 aliphatic heterocycles. The Bertz CT molecular complexity index is 3490. The zero-order chi connectivity index (χ0) is 43.9. The Hall–Kier alpha value is -8.52. The number of hydrogen-bond donors (Lipinski definition) is 0. The van der Waals surface area contributed by atoms with Crippen molar-refractivity contribution in [1.29, 1.82) is 0 Å². The van der Waals surface area contributed by atoms with Gasteiger partial charge < -0.3 is 4.90 Å². The minimum Gasteiger partial charge on any atom is -0.310 e. The lowest BCUT2D eigenvalue weighted by Gasteiger charge is -2.34. The summed E-state index contributed by atoms with van der Waals surface area (Å²) in [5, 5.41) is 2.50. The summed E-state index contributed by atoms with van der Waals surface area (Å²) in [6.45, 7) is 0. The molecule has 0 N–H and O–H groups in total. The van der Waals surface area contributed by atoms with Gasteiger partial charge in [-0.1, -0.05) is 231 Å². The van der Waals surface area contributed by atoms with Crippen molar-refractivity contribution < 1.29 is 0 Å². The van der Waals surface area contributed by atoms with E-state index in [0.29, 0.717) is 0 Å². The lowest BCUT2D eigenvalue weighted by atomic mass is 9.68. The molecule has 1 heteroatoms. The molecule has 11 aromatic carbocycles. The van der Waals surface area contributed by atoms with Crippen molar-refractivity contribution in [2.75, 3.05) is 4.90 Å². The fraction of sp³-hybridized carbons (Fsp3) is 0.0154. The molecule has 310 valence electrons. The maximum atomic E-state index is 2.49. The molecule has 0 radical (unpaired) electrons. The lowest BCUT2D eigenvalue weighted by Crippen LogP contribution is -2.28. The molecule has 0 amide bonds. The second-order valence-corrected chi connectivity index (χ2v) is 17.2. The number of anilines is 3. The average Bonchev–Trinajstić information content (AvgIpc) is 3.71. The third-order valence-electron chi connectivity index (χ3n) is 13.5. The van der Waals surface area contributed by atoms with Gasteiger partial charge in [-0.2, -0.15) is 0 Å². The highest BCUT2D eigenvalue weighted by atomic mass is 15.1. The SMILES string of the molecule is c1ccc(-c2cccc(-c3cccc(N(c4cccc(-c5cccc(-c6cccc7ccccc67)c5)c4)c4cccc5c4-c4ccccc4C5(c4ccccc4)c4ccccc4)c3)c2)cc1. The van der Waals surface area contributed by atoms with Gasteiger partial charge in [-0.05, 0) is 126 Å². The summed E-state index contributed by atoms with van der Waals surface area (Å²) in [6.07, 6.45) is 0. The minimum atomic E-state index is -0.528. The zero-order valence-electron chi connectivity index (χ0n) is 36.4. The van der Waals surface area contributed by atoms with Crippen LogP contribution in [0.3, 0.4) is 0 Å². The summed E-state index contributed by atoms with van der Waals surface area (Å²) in [7, 11) is 0. The summed E-state index contributed by atoms with van der Waals surface area (Å²) in [4.78, 5) is 2.49. The van der Waals surface area contributed by atoms with Gasteiger partial charge in [0.25, 0.3) is 0 Å². The van der Waals surface area contributed by atoms with Crippen LogP contribution in [0.15, 0.2) is 273 Å². The van der Waals surface area contributed by atoms with Crippen molar-refractivity contribution in [3.05, 3.63) is 295 Å². The number of fused-ring (bicyclic) bond motifs is 4. The van der Waals surface area contributed by atoms with Crippen LogP contribution in [0.4, 0.5) is 17.1 Å². The van der Waals surface area contributed by atoms with Gasteiger partial charge >= 0.3 is 0 Å². The Kier molecular flexibility index (Phi) is 9.81. The van der Waals surface area contributed by atoms with Crippen molar-refractivity contribution in [2.24, 2.45) is 0 Å². The van der Waals surface area contributed by atoms with Gasteiger partial charge in [0.15, 0.2) is 0 Å². The van der Waals surface area contributed by atoms with E-state index in [1.807, 2.05) is 0 Å². The molecular formula is C65H45N. The molecule has 0 atom stereocenters. The number of hydrogen-bond acceptors (Lipinski definition) is 1. The second-order valence-electron chi connectivity index (χ2n) is 17.2. The maximum absolute atomic E-state index is 2.49. The molecule has 0 heterocycles. The predicted octanol–water partition coefficient (Wildman–Crippen LogP) is 17.3. The van der Waals surface area contributed by atoms with E-state index >= 15 is 0 Å². The summed E-state index contributed by atoms with van der Waals surface area (Å²) in [6, 6.07) is 100. The van der Waals surface area contributed by atoms with Crippen molar-refractivity contribution in [1.82, 2.24) is 0 Å². The molecule has 0 fully saturated rings. The largest absolute Gasteiger partial charge is 0.310 e. The molecule has 66 heavy (non-hydrogen) atoms. The Labute approximate surface area is 387 Å². The molecule has 0 unspecified atom stereocenters. The Morgan fingerprint density at radius 3 is 1.36 bits per heavy atom. The van der Waals surface area contributed by atoms with Crippen LogP contribution in [0.5, 0.6) is 0 Å². The van der Waals surface area contributed by atoms with Crippen LogP contribution in [0.1, 0.15) is 22.3 Å². The molecule has 0 spiro atoms. The first-order valence-corrected chi connectivity index (χ1v) is 22.8. The first kappa shape index (κ1) is 39.1. The average molecular weight is 840 g/mol. The van der Waals surface area contributed by atoms with Crippen molar-refractivity contribution in [3.8, 4) is 55.6 Å². The smallest absolute Gasteiger partial charge is 0.0714 e. The molecule has 11 aromatic rings. The van der Waals surface area contributed by atoms with Gasteiger partial charge in [-0.3, -0.25) is 0 Å². The molecule has 1 aliphatic carbocycles. The van der Waals surface area contributed by atoms with Gasteiger partial charge in [0, 0.05) is 16.9 Å². The van der Waals surface area contributed by atoms with Crippen molar-refractivity contribution in [2.45, 2.75) is 5.41 Å². The van der Waals surface area contributed by atoms with Crippen LogP contribution >= 0.6 is 0 Å². The first-order chi connectivity index (χ1) is 32.7. The van der Waals surface area contributed by atoms with Gasteiger partial charge in [-0.25, -0.2) is 0 Å². The second kappa shape index (κ2) is 16.6. The quantitative estimate of drug-likeness (QED) is 0.140. The van der Waals surface area contributed by atoms with Gasteiger partial charge in [0.2, 0.25) is 0 Å². The number of rotatable bonds is 9. The van der Waals surface area contributed by atoms with Crippen LogP contribution in [-0.2, 0) is 5.41 Å². The van der Waals surface area contributed by atoms with Crippen LogP contribution in [0, 0.1) is 0 Å². The van der Waals surface area contributed by atoms with E-state index in [1.54, 1.807) is 0 Å². The monoisotopic (exact) mass is 839 g/mol. The van der Waals surface area contributed by atoms with E-state index in [1.165, 1.54) is 77.5 Å². The predicted molar refractivity (Wildman–Crippen MR) is 278 cm³/mol. The normalized spacial score (nSPS) is 12.4. The highest BCUT2D eigenvalue weighted by molar-refractivity contribution is 5.99. The van der Waals surface area contributed by atoms with Crippen LogP contribution in [0.25, 0.3) is 66.4 Å². The van der Waals surface area contributed by atoms with Crippen LogP contribution < -0.4 is 4.90 Å². The molecule has 12 rings (SSSR count). The van der Waals surface area contributed by atoms with E-state index in [-0.39, 0.29) is 0 Å². The van der Waals surface area contributed by atoms with Crippen molar-refractivity contribution in [3.63, 3.8) is 0 Å². The molecular weight excluding hydrogens is 795 g/mol. The molecule has 0 bridgehead atoms. The van der Waals surface area contributed by atoms with E-state index in [4.69, 9.17) is 0 Å². The number of benzene rings is 11. The lowest BCUT2D eigenvalue weighted by molar-refractivity contribution is 0.768. The number of nitrogens with zero attached hydrogens (tertiary/aromatic N) is 1. The minimum absolute atomic E-state index is 0.528. The fourth-order valence-corrected chi connectivity index (χ4v) is 10.6. The summed E-state index contributed by atoms with van der Waals surface area (Å²) in [5.41, 5.74) is 19.8. The Morgan fingerprint density at radius 1 is 0.273 bits per heavy atom. The van der Waals surface area contributed by atoms with Crippen LogP contribution in [-0.4, -0.2) is 0 Å². The van der Waals surface area contributed by atoms with Gasteiger partial charge in [0.05, 0.1) is 11.1 Å². The third-order valence-corrected chi connectivity index (χ3v) is 13.5.